The molecule has 0 spiro atoms. The maximum absolute atomic E-state index is 13.1. The minimum absolute atomic E-state index is 0.0698. The lowest BCUT2D eigenvalue weighted by Crippen LogP contribution is -2.49. The van der Waals surface area contributed by atoms with Gasteiger partial charge in [0.15, 0.2) is 0 Å². The Labute approximate surface area is 152 Å². The molecule has 2 aromatic rings. The van der Waals surface area contributed by atoms with Crippen LogP contribution in [0.5, 0.6) is 0 Å². The van der Waals surface area contributed by atoms with Gasteiger partial charge in [-0.25, -0.2) is 4.79 Å². The van der Waals surface area contributed by atoms with E-state index in [1.807, 2.05) is 58.3 Å². The number of hydrogen-bond acceptors (Lipinski definition) is 2. The van der Waals surface area contributed by atoms with Crippen molar-refractivity contribution in [2.24, 2.45) is 0 Å². The van der Waals surface area contributed by atoms with Gasteiger partial charge >= 0.3 is 6.09 Å². The smallest absolute Gasteiger partial charge is 0.407 e. The molecule has 1 aliphatic carbocycles. The van der Waals surface area contributed by atoms with Gasteiger partial charge in [0, 0.05) is 48.8 Å². The summed E-state index contributed by atoms with van der Waals surface area (Å²) in [6.07, 6.45) is 6.62. The Balaban J connectivity index is 1.48. The van der Waals surface area contributed by atoms with E-state index in [-0.39, 0.29) is 11.9 Å². The van der Waals surface area contributed by atoms with Crippen molar-refractivity contribution < 1.29 is 14.7 Å². The summed E-state index contributed by atoms with van der Waals surface area (Å²) in [5.74, 6) is 0.0698. The van der Waals surface area contributed by atoms with Crippen molar-refractivity contribution in [2.75, 3.05) is 13.1 Å². The first kappa shape index (κ1) is 16.7. The lowest BCUT2D eigenvalue weighted by Gasteiger charge is -2.38. The molecule has 1 N–H and O–H groups in total. The molecule has 2 aliphatic rings. The van der Waals surface area contributed by atoms with E-state index < -0.39 is 6.09 Å². The van der Waals surface area contributed by atoms with E-state index >= 15 is 0 Å². The molecular formula is C20H23N3O3. The minimum Gasteiger partial charge on any atom is -0.465 e. The SMILES string of the molecule is O=C(O)N1CCC(N(C(=O)c2ccc(-n3cccc3)cc2)C2CC2)CC1. The van der Waals surface area contributed by atoms with Crippen LogP contribution in [0, 0.1) is 0 Å². The summed E-state index contributed by atoms with van der Waals surface area (Å²) in [4.78, 5) is 27.7. The van der Waals surface area contributed by atoms with Crippen molar-refractivity contribution in [3.05, 3.63) is 54.4 Å². The van der Waals surface area contributed by atoms with Gasteiger partial charge in [0.05, 0.1) is 0 Å². The molecule has 6 nitrogen and oxygen atoms in total. The summed E-state index contributed by atoms with van der Waals surface area (Å²) in [7, 11) is 0. The van der Waals surface area contributed by atoms with Crippen molar-refractivity contribution in [3.8, 4) is 5.69 Å². The average molecular weight is 353 g/mol. The molecule has 2 heterocycles. The fourth-order valence-corrected chi connectivity index (χ4v) is 3.75. The van der Waals surface area contributed by atoms with Gasteiger partial charge in [0.2, 0.25) is 0 Å². The Morgan fingerprint density at radius 1 is 0.923 bits per heavy atom. The summed E-state index contributed by atoms with van der Waals surface area (Å²) in [6.45, 7) is 1.01. The second kappa shape index (κ2) is 6.86. The van der Waals surface area contributed by atoms with Gasteiger partial charge in [0.25, 0.3) is 5.91 Å². The minimum atomic E-state index is -0.867. The van der Waals surface area contributed by atoms with Crippen LogP contribution in [0.15, 0.2) is 48.8 Å². The second-order valence-corrected chi connectivity index (χ2v) is 7.08. The van der Waals surface area contributed by atoms with Crippen molar-refractivity contribution >= 4 is 12.0 Å². The maximum Gasteiger partial charge on any atom is 0.407 e. The first-order valence-corrected chi connectivity index (χ1v) is 9.17. The Kier molecular flexibility index (Phi) is 4.41. The van der Waals surface area contributed by atoms with Crippen LogP contribution >= 0.6 is 0 Å². The fourth-order valence-electron chi connectivity index (χ4n) is 3.75. The molecule has 2 amide bonds. The summed E-state index contributed by atoms with van der Waals surface area (Å²) >= 11 is 0. The van der Waals surface area contributed by atoms with Crippen molar-refractivity contribution in [1.29, 1.82) is 0 Å². The van der Waals surface area contributed by atoms with E-state index in [9.17, 15) is 9.59 Å². The number of carboxylic acid groups (broad SMARTS) is 1. The number of likely N-dealkylation sites (tertiary alicyclic amines) is 1. The Morgan fingerprint density at radius 3 is 2.04 bits per heavy atom. The van der Waals surface area contributed by atoms with Crippen LogP contribution in [0.1, 0.15) is 36.0 Å². The van der Waals surface area contributed by atoms with Crippen LogP contribution in [0.3, 0.4) is 0 Å². The largest absolute Gasteiger partial charge is 0.465 e. The zero-order chi connectivity index (χ0) is 18.1. The molecule has 1 saturated carbocycles. The van der Waals surface area contributed by atoms with E-state index in [1.54, 1.807) is 0 Å². The molecule has 0 unspecified atom stereocenters. The lowest BCUT2D eigenvalue weighted by atomic mass is 10.0. The van der Waals surface area contributed by atoms with E-state index in [1.165, 1.54) is 4.90 Å². The van der Waals surface area contributed by atoms with Crippen LogP contribution in [0.4, 0.5) is 4.79 Å². The van der Waals surface area contributed by atoms with Crippen LogP contribution in [0.2, 0.25) is 0 Å². The molecule has 0 atom stereocenters. The van der Waals surface area contributed by atoms with Crippen LogP contribution in [-0.4, -0.2) is 56.6 Å². The highest BCUT2D eigenvalue weighted by Crippen LogP contribution is 2.33. The number of piperidine rings is 1. The third kappa shape index (κ3) is 3.31. The molecule has 1 aromatic carbocycles. The third-order valence-electron chi connectivity index (χ3n) is 5.32. The summed E-state index contributed by atoms with van der Waals surface area (Å²) in [5, 5.41) is 9.12. The van der Waals surface area contributed by atoms with Crippen molar-refractivity contribution in [3.63, 3.8) is 0 Å². The van der Waals surface area contributed by atoms with E-state index in [0.717, 1.165) is 31.4 Å². The second-order valence-electron chi connectivity index (χ2n) is 7.08. The molecule has 0 radical (unpaired) electrons. The normalized spacial score (nSPS) is 17.9. The molecule has 4 rings (SSSR count). The average Bonchev–Trinajstić information content (AvgIpc) is 3.34. The Bertz CT molecular complexity index is 773. The molecule has 1 saturated heterocycles. The predicted molar refractivity (Wildman–Crippen MR) is 97.6 cm³/mol. The highest BCUT2D eigenvalue weighted by molar-refractivity contribution is 5.95. The highest BCUT2D eigenvalue weighted by atomic mass is 16.4. The molecule has 1 aromatic heterocycles. The molecule has 136 valence electrons. The topological polar surface area (TPSA) is 65.8 Å². The molecule has 0 bridgehead atoms. The standard InChI is InChI=1S/C20H23N3O3/c24-19(15-3-5-16(6-4-15)21-11-1-2-12-21)23(17-7-8-17)18-9-13-22(14-10-18)20(25)26/h1-6,11-12,17-18H,7-10,13-14H2,(H,25,26). The van der Waals surface area contributed by atoms with Crippen LogP contribution in [0.25, 0.3) is 5.69 Å². The number of carbonyl (C=O) groups excluding carboxylic acids is 1. The van der Waals surface area contributed by atoms with Gasteiger partial charge in [-0.1, -0.05) is 0 Å². The predicted octanol–water partition coefficient (Wildman–Crippen LogP) is 3.22. The Hall–Kier alpha value is -2.76. The highest BCUT2D eigenvalue weighted by Gasteiger charge is 2.39. The first-order chi connectivity index (χ1) is 12.6. The zero-order valence-corrected chi connectivity index (χ0v) is 14.6. The number of benzene rings is 1. The van der Waals surface area contributed by atoms with E-state index in [2.05, 4.69) is 0 Å². The summed E-state index contributed by atoms with van der Waals surface area (Å²) < 4.78 is 2.01. The first-order valence-electron chi connectivity index (χ1n) is 9.17. The van der Waals surface area contributed by atoms with Gasteiger partial charge in [-0.2, -0.15) is 0 Å². The number of carbonyl (C=O) groups is 2. The third-order valence-corrected chi connectivity index (χ3v) is 5.32. The number of nitrogens with zero attached hydrogens (tertiary/aromatic N) is 3. The van der Waals surface area contributed by atoms with Gasteiger partial charge in [-0.15, -0.1) is 0 Å². The van der Waals surface area contributed by atoms with Gasteiger partial charge in [-0.3, -0.25) is 4.79 Å². The fraction of sp³-hybridized carbons (Fsp3) is 0.400. The number of aromatic nitrogens is 1. The molecular weight excluding hydrogens is 330 g/mol. The lowest BCUT2D eigenvalue weighted by molar-refractivity contribution is 0.0551. The number of hydrogen-bond donors (Lipinski definition) is 1. The molecule has 26 heavy (non-hydrogen) atoms. The van der Waals surface area contributed by atoms with Crippen LogP contribution < -0.4 is 0 Å². The molecule has 1 aliphatic heterocycles. The Morgan fingerprint density at radius 2 is 1.50 bits per heavy atom. The summed E-state index contributed by atoms with van der Waals surface area (Å²) in [6, 6.07) is 12.1. The van der Waals surface area contributed by atoms with Gasteiger partial charge in [-0.05, 0) is 62.1 Å². The number of rotatable bonds is 4. The quantitative estimate of drug-likeness (QED) is 0.918. The number of amides is 2. The van der Waals surface area contributed by atoms with Crippen LogP contribution in [-0.2, 0) is 0 Å². The van der Waals surface area contributed by atoms with E-state index in [0.29, 0.717) is 24.7 Å². The summed E-state index contributed by atoms with van der Waals surface area (Å²) in [5.41, 5.74) is 1.73. The van der Waals surface area contributed by atoms with Crippen molar-refractivity contribution in [2.45, 2.75) is 37.8 Å². The van der Waals surface area contributed by atoms with Gasteiger partial charge < -0.3 is 19.5 Å². The van der Waals surface area contributed by atoms with Gasteiger partial charge in [0.1, 0.15) is 0 Å². The molecule has 2 fully saturated rings. The van der Waals surface area contributed by atoms with E-state index in [4.69, 9.17) is 5.11 Å². The van der Waals surface area contributed by atoms with Crippen molar-refractivity contribution in [1.82, 2.24) is 14.4 Å². The zero-order valence-electron chi connectivity index (χ0n) is 14.6. The molecule has 6 heteroatoms. The maximum atomic E-state index is 13.1. The monoisotopic (exact) mass is 353 g/mol.